The van der Waals surface area contributed by atoms with Gasteiger partial charge in [-0.15, -0.1) is 0 Å². The largest absolute Gasteiger partial charge is 0.354 e. The van der Waals surface area contributed by atoms with E-state index in [1.54, 1.807) is 4.90 Å². The average molecular weight is 267 g/mol. The molecule has 7 heteroatoms. The molecule has 0 aromatic carbocycles. The second-order valence-electron chi connectivity index (χ2n) is 4.38. The molecule has 104 valence electrons. The van der Waals surface area contributed by atoms with Gasteiger partial charge < -0.3 is 15.5 Å². The smallest absolute Gasteiger partial charge is 0.224 e. The van der Waals surface area contributed by atoms with Gasteiger partial charge in [0.25, 0.3) is 0 Å². The van der Waals surface area contributed by atoms with Gasteiger partial charge in [0.1, 0.15) is 0 Å². The van der Waals surface area contributed by atoms with Crippen LogP contribution < -0.4 is 15.5 Å². The minimum Gasteiger partial charge on any atom is -0.354 e. The standard InChI is InChI=1S/C12H18FN5O/c1-2-4-15-12-16-8-9(13)11(17-12)18-6-3-10(19)14-5-7-18/h8H,2-7H2,1H3,(H,14,19)(H,15,16,17). The minimum atomic E-state index is -0.462. The van der Waals surface area contributed by atoms with Crippen LogP contribution in [0.3, 0.4) is 0 Å². The van der Waals surface area contributed by atoms with Crippen LogP contribution in [-0.4, -0.2) is 42.1 Å². The molecule has 0 radical (unpaired) electrons. The van der Waals surface area contributed by atoms with Crippen molar-refractivity contribution in [3.63, 3.8) is 0 Å². The van der Waals surface area contributed by atoms with Crippen molar-refractivity contribution < 1.29 is 9.18 Å². The van der Waals surface area contributed by atoms with Gasteiger partial charge in [-0.25, -0.2) is 9.37 Å². The van der Waals surface area contributed by atoms with Gasteiger partial charge in [-0.1, -0.05) is 6.92 Å². The molecule has 0 spiro atoms. The van der Waals surface area contributed by atoms with Crippen molar-refractivity contribution in [3.8, 4) is 0 Å². The molecule has 19 heavy (non-hydrogen) atoms. The second-order valence-corrected chi connectivity index (χ2v) is 4.38. The lowest BCUT2D eigenvalue weighted by molar-refractivity contribution is -0.120. The quantitative estimate of drug-likeness (QED) is 0.843. The maximum absolute atomic E-state index is 13.8. The Kier molecular flexibility index (Phi) is 4.48. The Balaban J connectivity index is 2.15. The molecule has 1 aliphatic rings. The number of rotatable bonds is 4. The summed E-state index contributed by atoms with van der Waals surface area (Å²) in [4.78, 5) is 21.1. The Labute approximate surface area is 111 Å². The van der Waals surface area contributed by atoms with E-state index in [0.29, 0.717) is 32.0 Å². The summed E-state index contributed by atoms with van der Waals surface area (Å²) in [6.07, 6.45) is 2.46. The number of carbonyl (C=O) groups excluding carboxylic acids is 1. The molecule has 1 fully saturated rings. The highest BCUT2D eigenvalue weighted by atomic mass is 19.1. The summed E-state index contributed by atoms with van der Waals surface area (Å²) in [6, 6.07) is 0. The van der Waals surface area contributed by atoms with E-state index in [0.717, 1.165) is 13.0 Å². The summed E-state index contributed by atoms with van der Waals surface area (Å²) in [5.74, 6) is 0.199. The third kappa shape index (κ3) is 3.52. The van der Waals surface area contributed by atoms with Crippen LogP contribution in [0.25, 0.3) is 0 Å². The average Bonchev–Trinajstić information content (AvgIpc) is 2.63. The molecule has 1 aromatic rings. The zero-order valence-corrected chi connectivity index (χ0v) is 10.9. The van der Waals surface area contributed by atoms with Gasteiger partial charge in [0, 0.05) is 32.6 Å². The number of amides is 1. The van der Waals surface area contributed by atoms with Crippen LogP contribution in [-0.2, 0) is 4.79 Å². The molecule has 2 N–H and O–H groups in total. The Bertz CT molecular complexity index is 454. The summed E-state index contributed by atoms with van der Waals surface area (Å²) in [5, 5.41) is 5.78. The van der Waals surface area contributed by atoms with Crippen LogP contribution in [0.2, 0.25) is 0 Å². The zero-order valence-electron chi connectivity index (χ0n) is 10.9. The van der Waals surface area contributed by atoms with Crippen LogP contribution in [0.15, 0.2) is 6.20 Å². The van der Waals surface area contributed by atoms with Crippen molar-refractivity contribution in [1.29, 1.82) is 0 Å². The lowest BCUT2D eigenvalue weighted by atomic mass is 10.3. The molecule has 0 unspecified atom stereocenters. The van der Waals surface area contributed by atoms with Crippen molar-refractivity contribution in [2.45, 2.75) is 19.8 Å². The monoisotopic (exact) mass is 267 g/mol. The molecular weight excluding hydrogens is 249 g/mol. The normalized spacial score (nSPS) is 15.9. The molecule has 0 saturated carbocycles. The fraction of sp³-hybridized carbons (Fsp3) is 0.583. The molecular formula is C12H18FN5O. The summed E-state index contributed by atoms with van der Waals surface area (Å²) in [5.41, 5.74) is 0. The van der Waals surface area contributed by atoms with Crippen molar-refractivity contribution in [2.75, 3.05) is 36.4 Å². The fourth-order valence-electron chi connectivity index (χ4n) is 1.88. The van der Waals surface area contributed by atoms with Gasteiger partial charge >= 0.3 is 0 Å². The highest BCUT2D eigenvalue weighted by Crippen LogP contribution is 2.18. The van der Waals surface area contributed by atoms with Crippen molar-refractivity contribution >= 4 is 17.7 Å². The predicted molar refractivity (Wildman–Crippen MR) is 70.6 cm³/mol. The van der Waals surface area contributed by atoms with E-state index in [-0.39, 0.29) is 11.7 Å². The van der Waals surface area contributed by atoms with E-state index in [2.05, 4.69) is 20.6 Å². The lowest BCUT2D eigenvalue weighted by Gasteiger charge is -2.21. The molecule has 2 heterocycles. The fourth-order valence-corrected chi connectivity index (χ4v) is 1.88. The summed E-state index contributed by atoms with van der Waals surface area (Å²) >= 11 is 0. The molecule has 2 rings (SSSR count). The van der Waals surface area contributed by atoms with E-state index in [4.69, 9.17) is 0 Å². The number of aromatic nitrogens is 2. The zero-order chi connectivity index (χ0) is 13.7. The second kappa shape index (κ2) is 6.31. The molecule has 1 aromatic heterocycles. The Morgan fingerprint density at radius 1 is 1.53 bits per heavy atom. The van der Waals surface area contributed by atoms with Crippen LogP contribution in [0, 0.1) is 5.82 Å². The topological polar surface area (TPSA) is 70.2 Å². The number of halogens is 1. The van der Waals surface area contributed by atoms with Crippen LogP contribution in [0.4, 0.5) is 16.2 Å². The van der Waals surface area contributed by atoms with E-state index in [9.17, 15) is 9.18 Å². The van der Waals surface area contributed by atoms with E-state index < -0.39 is 5.82 Å². The maximum Gasteiger partial charge on any atom is 0.224 e. The minimum absolute atomic E-state index is 0.0127. The Hall–Kier alpha value is -1.92. The van der Waals surface area contributed by atoms with Gasteiger partial charge in [-0.05, 0) is 6.42 Å². The first kappa shape index (κ1) is 13.5. The van der Waals surface area contributed by atoms with Gasteiger partial charge in [-0.3, -0.25) is 4.79 Å². The molecule has 1 saturated heterocycles. The summed E-state index contributed by atoms with van der Waals surface area (Å²) in [6.45, 7) is 4.29. The SMILES string of the molecule is CCCNc1ncc(F)c(N2CCNC(=O)CC2)n1. The third-order valence-electron chi connectivity index (χ3n) is 2.87. The molecule has 0 atom stereocenters. The number of nitrogens with one attached hydrogen (secondary N) is 2. The van der Waals surface area contributed by atoms with Gasteiger partial charge in [0.2, 0.25) is 11.9 Å². The predicted octanol–water partition coefficient (Wildman–Crippen LogP) is 0.764. The summed E-state index contributed by atoms with van der Waals surface area (Å²) in [7, 11) is 0. The first-order valence-electron chi connectivity index (χ1n) is 6.48. The van der Waals surface area contributed by atoms with Gasteiger partial charge in [-0.2, -0.15) is 4.98 Å². The highest BCUT2D eigenvalue weighted by Gasteiger charge is 2.18. The van der Waals surface area contributed by atoms with Crippen molar-refractivity contribution in [3.05, 3.63) is 12.0 Å². The Morgan fingerprint density at radius 2 is 2.37 bits per heavy atom. The van der Waals surface area contributed by atoms with Crippen molar-refractivity contribution in [2.24, 2.45) is 0 Å². The summed E-state index contributed by atoms with van der Waals surface area (Å²) < 4.78 is 13.8. The Morgan fingerprint density at radius 3 is 3.16 bits per heavy atom. The van der Waals surface area contributed by atoms with E-state index >= 15 is 0 Å². The van der Waals surface area contributed by atoms with Crippen molar-refractivity contribution in [1.82, 2.24) is 15.3 Å². The van der Waals surface area contributed by atoms with E-state index in [1.165, 1.54) is 6.20 Å². The van der Waals surface area contributed by atoms with E-state index in [1.807, 2.05) is 6.92 Å². The highest BCUT2D eigenvalue weighted by molar-refractivity contribution is 5.77. The molecule has 0 aliphatic carbocycles. The first-order chi connectivity index (χ1) is 9.20. The van der Waals surface area contributed by atoms with Gasteiger partial charge in [0.15, 0.2) is 11.6 Å². The molecule has 6 nitrogen and oxygen atoms in total. The molecule has 0 bridgehead atoms. The number of nitrogens with zero attached hydrogens (tertiary/aromatic N) is 3. The molecule has 1 amide bonds. The van der Waals surface area contributed by atoms with Crippen LogP contribution in [0.5, 0.6) is 0 Å². The van der Waals surface area contributed by atoms with Crippen LogP contribution in [0.1, 0.15) is 19.8 Å². The number of carbonyl (C=O) groups is 1. The first-order valence-corrected chi connectivity index (χ1v) is 6.48. The molecule has 1 aliphatic heterocycles. The maximum atomic E-state index is 13.8. The van der Waals surface area contributed by atoms with Gasteiger partial charge in [0.05, 0.1) is 6.20 Å². The third-order valence-corrected chi connectivity index (χ3v) is 2.87. The number of hydrogen-bond acceptors (Lipinski definition) is 5. The number of hydrogen-bond donors (Lipinski definition) is 2. The number of anilines is 2. The van der Waals surface area contributed by atoms with Crippen LogP contribution >= 0.6 is 0 Å². The lowest BCUT2D eigenvalue weighted by Crippen LogP contribution is -2.30.